The molecule has 0 saturated carbocycles. The van der Waals surface area contributed by atoms with E-state index in [0.717, 1.165) is 4.68 Å². The molecule has 2 aromatic carbocycles. The molecule has 3 amide bonds. The SMILES string of the molecule is [C-]#[N+]COc1ccccc1-c1ccc(-n2cc(NC(N)=O)c(C(N)=O)n2)c(F)c1. The Morgan fingerprint density at radius 2 is 2.00 bits per heavy atom. The van der Waals surface area contributed by atoms with E-state index < -0.39 is 17.8 Å². The van der Waals surface area contributed by atoms with Gasteiger partial charge in [0.25, 0.3) is 5.91 Å². The second-order valence-corrected chi connectivity index (χ2v) is 5.78. The van der Waals surface area contributed by atoms with Crippen molar-refractivity contribution in [1.82, 2.24) is 9.78 Å². The number of halogens is 1. The summed E-state index contributed by atoms with van der Waals surface area (Å²) in [6.45, 7) is 6.68. The Morgan fingerprint density at radius 1 is 1.24 bits per heavy atom. The van der Waals surface area contributed by atoms with E-state index in [1.165, 1.54) is 18.3 Å². The maximum absolute atomic E-state index is 14.8. The van der Waals surface area contributed by atoms with E-state index in [0.29, 0.717) is 16.9 Å². The zero-order chi connectivity index (χ0) is 21.0. The van der Waals surface area contributed by atoms with Gasteiger partial charge in [-0.25, -0.2) is 20.4 Å². The average molecular weight is 394 g/mol. The average Bonchev–Trinajstić information content (AvgIpc) is 3.09. The summed E-state index contributed by atoms with van der Waals surface area (Å²) in [7, 11) is 0. The normalized spacial score (nSPS) is 10.2. The summed E-state index contributed by atoms with van der Waals surface area (Å²) in [6.07, 6.45) is 1.23. The molecule has 10 heteroatoms. The van der Waals surface area contributed by atoms with Crippen molar-refractivity contribution in [3.8, 4) is 22.6 Å². The molecule has 0 aliphatic carbocycles. The van der Waals surface area contributed by atoms with Gasteiger partial charge in [-0.2, -0.15) is 5.10 Å². The largest absolute Gasteiger partial charge is 0.425 e. The Kier molecular flexibility index (Phi) is 5.41. The fraction of sp³-hybridized carbons (Fsp3) is 0.0526. The molecule has 0 aliphatic rings. The minimum atomic E-state index is -0.918. The fourth-order valence-electron chi connectivity index (χ4n) is 2.70. The highest BCUT2D eigenvalue weighted by atomic mass is 19.1. The molecule has 0 unspecified atom stereocenters. The van der Waals surface area contributed by atoms with E-state index in [1.807, 2.05) is 0 Å². The van der Waals surface area contributed by atoms with E-state index in [4.69, 9.17) is 22.8 Å². The molecule has 9 nitrogen and oxygen atoms in total. The van der Waals surface area contributed by atoms with Crippen LogP contribution in [0.4, 0.5) is 14.9 Å². The number of primary amides is 2. The predicted molar refractivity (Wildman–Crippen MR) is 103 cm³/mol. The van der Waals surface area contributed by atoms with Crippen LogP contribution in [-0.4, -0.2) is 28.4 Å². The number of ether oxygens (including phenoxy) is 1. The smallest absolute Gasteiger partial charge is 0.357 e. The van der Waals surface area contributed by atoms with E-state index >= 15 is 0 Å². The third kappa shape index (κ3) is 4.14. The molecule has 0 spiro atoms. The number of para-hydroxylation sites is 1. The summed E-state index contributed by atoms with van der Waals surface area (Å²) in [5, 5.41) is 6.15. The molecular formula is C19H15FN6O3. The summed E-state index contributed by atoms with van der Waals surface area (Å²) in [4.78, 5) is 25.8. The molecule has 0 saturated heterocycles. The first-order chi connectivity index (χ1) is 13.9. The minimum Gasteiger partial charge on any atom is -0.425 e. The monoisotopic (exact) mass is 394 g/mol. The van der Waals surface area contributed by atoms with E-state index in [-0.39, 0.29) is 23.8 Å². The first-order valence-corrected chi connectivity index (χ1v) is 8.22. The van der Waals surface area contributed by atoms with Gasteiger partial charge in [0.15, 0.2) is 5.69 Å². The number of hydrogen-bond donors (Lipinski definition) is 3. The topological polar surface area (TPSA) is 130 Å². The minimum absolute atomic E-state index is 0.0216. The lowest BCUT2D eigenvalue weighted by molar-refractivity contribution is 0.0996. The van der Waals surface area contributed by atoms with Crippen LogP contribution >= 0.6 is 0 Å². The highest BCUT2D eigenvalue weighted by molar-refractivity contribution is 6.00. The fourth-order valence-corrected chi connectivity index (χ4v) is 2.70. The number of rotatable bonds is 6. The number of nitrogens with one attached hydrogen (secondary N) is 1. The lowest BCUT2D eigenvalue weighted by Gasteiger charge is -2.10. The number of amides is 3. The molecule has 0 bridgehead atoms. The standard InChI is InChI=1S/C19H15FN6O3/c1-23-10-29-16-5-3-2-4-12(16)11-6-7-15(13(20)8-11)26-9-14(24-19(22)28)17(25-26)18(21)27/h2-9H,10H2,(H2,21,27)(H3,22,24,28). The van der Waals surface area contributed by atoms with Crippen LogP contribution in [0, 0.1) is 12.4 Å². The summed E-state index contributed by atoms with van der Waals surface area (Å²) < 4.78 is 21.3. The maximum Gasteiger partial charge on any atom is 0.357 e. The van der Waals surface area contributed by atoms with Gasteiger partial charge in [-0.15, -0.1) is 0 Å². The van der Waals surface area contributed by atoms with Gasteiger partial charge in [0, 0.05) is 5.56 Å². The van der Waals surface area contributed by atoms with E-state index in [9.17, 15) is 14.0 Å². The molecule has 29 heavy (non-hydrogen) atoms. The molecule has 0 aliphatic heterocycles. The van der Waals surface area contributed by atoms with Crippen molar-refractivity contribution in [1.29, 1.82) is 0 Å². The quantitative estimate of drug-likeness (QED) is 0.555. The van der Waals surface area contributed by atoms with Gasteiger partial charge < -0.3 is 21.5 Å². The van der Waals surface area contributed by atoms with Crippen molar-refractivity contribution >= 4 is 17.6 Å². The molecule has 0 radical (unpaired) electrons. The number of aromatic nitrogens is 2. The van der Waals surface area contributed by atoms with Crippen molar-refractivity contribution < 1.29 is 18.7 Å². The number of carbonyl (C=O) groups excluding carboxylic acids is 2. The highest BCUT2D eigenvalue weighted by Crippen LogP contribution is 2.32. The van der Waals surface area contributed by atoms with Gasteiger partial charge in [-0.1, -0.05) is 24.3 Å². The Hall–Kier alpha value is -4.39. The number of anilines is 1. The van der Waals surface area contributed by atoms with Crippen LogP contribution in [-0.2, 0) is 0 Å². The Bertz CT molecular complexity index is 1140. The molecule has 1 aromatic heterocycles. The molecule has 3 aromatic rings. The Balaban J connectivity index is 2.01. The molecular weight excluding hydrogens is 379 g/mol. The predicted octanol–water partition coefficient (Wildman–Crippen LogP) is 2.52. The van der Waals surface area contributed by atoms with Crippen molar-refractivity contribution in [2.45, 2.75) is 0 Å². The lowest BCUT2D eigenvalue weighted by atomic mass is 10.0. The molecule has 0 fully saturated rings. The van der Waals surface area contributed by atoms with Crippen LogP contribution in [0.3, 0.4) is 0 Å². The molecule has 0 atom stereocenters. The van der Waals surface area contributed by atoms with Gasteiger partial charge in [0.1, 0.15) is 17.3 Å². The maximum atomic E-state index is 14.8. The lowest BCUT2D eigenvalue weighted by Crippen LogP contribution is -2.22. The van der Waals surface area contributed by atoms with Crippen molar-refractivity contribution in [3.05, 3.63) is 71.6 Å². The van der Waals surface area contributed by atoms with Crippen LogP contribution in [0.1, 0.15) is 10.5 Å². The first kappa shape index (κ1) is 19.4. The van der Waals surface area contributed by atoms with Crippen LogP contribution < -0.4 is 21.5 Å². The van der Waals surface area contributed by atoms with E-state index in [2.05, 4.69) is 15.3 Å². The molecule has 3 rings (SSSR count). The third-order valence-corrected chi connectivity index (χ3v) is 3.88. The number of benzene rings is 2. The summed E-state index contributed by atoms with van der Waals surface area (Å²) in [5.74, 6) is -1.11. The van der Waals surface area contributed by atoms with Crippen molar-refractivity contribution in [2.24, 2.45) is 11.5 Å². The van der Waals surface area contributed by atoms with Crippen molar-refractivity contribution in [3.63, 3.8) is 0 Å². The van der Waals surface area contributed by atoms with Crippen LogP contribution in [0.2, 0.25) is 0 Å². The van der Waals surface area contributed by atoms with Gasteiger partial charge >= 0.3 is 12.8 Å². The molecule has 5 N–H and O–H groups in total. The zero-order valence-electron chi connectivity index (χ0n) is 14.9. The van der Waals surface area contributed by atoms with Crippen LogP contribution in [0.15, 0.2) is 48.7 Å². The third-order valence-electron chi connectivity index (χ3n) is 3.88. The summed E-state index contributed by atoms with van der Waals surface area (Å²) >= 11 is 0. The van der Waals surface area contributed by atoms with E-state index in [1.54, 1.807) is 30.3 Å². The summed E-state index contributed by atoms with van der Waals surface area (Å²) in [6, 6.07) is 10.4. The highest BCUT2D eigenvalue weighted by Gasteiger charge is 2.18. The Morgan fingerprint density at radius 3 is 2.66 bits per heavy atom. The Labute approximate surface area is 164 Å². The molecule has 1 heterocycles. The number of nitrogens with two attached hydrogens (primary N) is 2. The van der Waals surface area contributed by atoms with Crippen LogP contribution in [0.5, 0.6) is 5.75 Å². The zero-order valence-corrected chi connectivity index (χ0v) is 14.9. The number of hydrogen-bond acceptors (Lipinski definition) is 4. The number of carbonyl (C=O) groups is 2. The number of urea groups is 1. The second-order valence-electron chi connectivity index (χ2n) is 5.78. The molecule has 146 valence electrons. The second kappa shape index (κ2) is 8.10. The van der Waals surface area contributed by atoms with Gasteiger partial charge in [-0.05, 0) is 23.8 Å². The first-order valence-electron chi connectivity index (χ1n) is 8.22. The number of nitrogens with zero attached hydrogens (tertiary/aromatic N) is 3. The van der Waals surface area contributed by atoms with Gasteiger partial charge in [0.05, 0.1) is 11.9 Å². The van der Waals surface area contributed by atoms with Gasteiger partial charge in [0.2, 0.25) is 0 Å². The van der Waals surface area contributed by atoms with Crippen LogP contribution in [0.25, 0.3) is 21.7 Å². The van der Waals surface area contributed by atoms with Gasteiger partial charge in [-0.3, -0.25) is 9.64 Å². The summed E-state index contributed by atoms with van der Waals surface area (Å²) in [5.41, 5.74) is 11.2. The van der Waals surface area contributed by atoms with Crippen molar-refractivity contribution in [2.75, 3.05) is 12.0 Å².